The van der Waals surface area contributed by atoms with E-state index in [1.807, 2.05) is 56.5 Å². The van der Waals surface area contributed by atoms with Crippen molar-refractivity contribution in [2.75, 3.05) is 6.26 Å². The van der Waals surface area contributed by atoms with E-state index in [4.69, 9.17) is 4.74 Å². The number of hydrogen-bond donors (Lipinski definition) is 1. The van der Waals surface area contributed by atoms with Crippen LogP contribution in [-0.4, -0.2) is 22.1 Å². The Morgan fingerprint density at radius 2 is 1.77 bits per heavy atom. The lowest BCUT2D eigenvalue weighted by atomic mass is 10.1. The number of aromatic nitrogens is 2. The lowest BCUT2D eigenvalue weighted by molar-refractivity contribution is 0.0944. The van der Waals surface area contributed by atoms with Gasteiger partial charge in [0.2, 0.25) is 5.88 Å². The monoisotopic (exact) mass is 423 g/mol. The van der Waals surface area contributed by atoms with Gasteiger partial charge < -0.3 is 10.1 Å². The molecule has 1 amide bonds. The van der Waals surface area contributed by atoms with Gasteiger partial charge in [-0.3, -0.25) is 4.79 Å². The topological polar surface area (TPSA) is 64.1 Å². The first kappa shape index (κ1) is 23.4. The van der Waals surface area contributed by atoms with Crippen LogP contribution in [0.3, 0.4) is 0 Å². The van der Waals surface area contributed by atoms with Crippen LogP contribution < -0.4 is 10.1 Å². The predicted octanol–water partition coefficient (Wildman–Crippen LogP) is 5.35. The van der Waals surface area contributed by atoms with E-state index in [1.165, 1.54) is 29.1 Å². The van der Waals surface area contributed by atoms with E-state index in [0.29, 0.717) is 29.8 Å². The van der Waals surface area contributed by atoms with E-state index in [-0.39, 0.29) is 5.91 Å². The molecule has 1 aromatic heterocycles. The number of benzene rings is 2. The maximum Gasteiger partial charge on any atom is 0.258 e. The fourth-order valence-electron chi connectivity index (χ4n) is 2.63. The zero-order chi connectivity index (χ0) is 21.9. The second kappa shape index (κ2) is 12.0. The van der Waals surface area contributed by atoms with Crippen molar-refractivity contribution in [2.45, 2.75) is 46.0 Å². The molecule has 0 unspecified atom stereocenters. The molecule has 3 rings (SSSR count). The first-order chi connectivity index (χ1) is 14.6. The molecule has 0 spiro atoms. The molecule has 0 fully saturated rings. The highest BCUT2D eigenvalue weighted by molar-refractivity contribution is 7.98. The van der Waals surface area contributed by atoms with Crippen LogP contribution in [-0.2, 0) is 13.2 Å². The molecular weight excluding hydrogens is 394 g/mol. The highest BCUT2D eigenvalue weighted by Crippen LogP contribution is 2.21. The zero-order valence-electron chi connectivity index (χ0n) is 18.2. The molecule has 0 aliphatic heterocycles. The minimum atomic E-state index is -0.258. The normalized spacial score (nSPS) is 10.0. The minimum Gasteiger partial charge on any atom is -0.472 e. The van der Waals surface area contributed by atoms with Gasteiger partial charge in [-0.25, -0.2) is 4.98 Å². The fourth-order valence-corrected chi connectivity index (χ4v) is 2.97. The van der Waals surface area contributed by atoms with Crippen LogP contribution >= 0.6 is 11.8 Å². The summed E-state index contributed by atoms with van der Waals surface area (Å²) in [6.07, 6.45) is 3.41. The van der Waals surface area contributed by atoms with E-state index in [0.717, 1.165) is 11.1 Å². The first-order valence-corrected chi connectivity index (χ1v) is 11.2. The van der Waals surface area contributed by atoms with Crippen LogP contribution in [0.4, 0.5) is 0 Å². The highest BCUT2D eigenvalue weighted by atomic mass is 32.2. The number of rotatable bonds is 7. The number of nitrogens with one attached hydrogen (secondary N) is 1. The molecule has 0 bridgehead atoms. The number of amides is 1. The molecule has 0 saturated heterocycles. The average molecular weight is 424 g/mol. The van der Waals surface area contributed by atoms with Gasteiger partial charge in [0.15, 0.2) is 5.16 Å². The number of aryl methyl sites for hydroxylation is 2. The molecule has 30 heavy (non-hydrogen) atoms. The number of nitrogens with zero attached hydrogens (tertiary/aromatic N) is 2. The zero-order valence-corrected chi connectivity index (χ0v) is 19.0. The number of ether oxygens (including phenoxy) is 1. The van der Waals surface area contributed by atoms with Crippen LogP contribution in [0.25, 0.3) is 0 Å². The minimum absolute atomic E-state index is 0.258. The third-order valence-corrected chi connectivity index (χ3v) is 4.96. The summed E-state index contributed by atoms with van der Waals surface area (Å²) < 4.78 is 5.91. The molecule has 2 aromatic carbocycles. The van der Waals surface area contributed by atoms with Crippen molar-refractivity contribution >= 4 is 17.7 Å². The van der Waals surface area contributed by atoms with E-state index < -0.39 is 0 Å². The van der Waals surface area contributed by atoms with E-state index in [1.54, 1.807) is 0 Å². The van der Waals surface area contributed by atoms with Crippen molar-refractivity contribution in [3.8, 4) is 5.88 Å². The lowest BCUT2D eigenvalue weighted by Gasteiger charge is -2.12. The van der Waals surface area contributed by atoms with Gasteiger partial charge in [-0.15, -0.1) is 0 Å². The molecular formula is C24H29N3O2S. The predicted molar refractivity (Wildman–Crippen MR) is 123 cm³/mol. The molecule has 0 aliphatic carbocycles. The Morgan fingerprint density at radius 3 is 2.43 bits per heavy atom. The van der Waals surface area contributed by atoms with E-state index >= 15 is 0 Å². The molecule has 0 radical (unpaired) electrons. The standard InChI is InChI=1S/C22H23N3O2S.C2H6/c1-15-9-10-18(11-16(15)2)14-27-21-19(13-24-22(25-21)28-3)20(26)23-12-17-7-5-4-6-8-17;1-2/h4-11,13H,12,14H2,1-3H3,(H,23,26);1-2H3. The van der Waals surface area contributed by atoms with Crippen LogP contribution in [0.15, 0.2) is 59.9 Å². The molecule has 3 aromatic rings. The Kier molecular flexibility index (Phi) is 9.35. The van der Waals surface area contributed by atoms with Crippen LogP contribution in [0.1, 0.15) is 46.5 Å². The Morgan fingerprint density at radius 1 is 1.03 bits per heavy atom. The summed E-state index contributed by atoms with van der Waals surface area (Å²) >= 11 is 1.41. The average Bonchev–Trinajstić information content (AvgIpc) is 2.80. The largest absolute Gasteiger partial charge is 0.472 e. The number of carbonyl (C=O) groups excluding carboxylic acids is 1. The third kappa shape index (κ3) is 6.59. The Balaban J connectivity index is 0.00000155. The van der Waals surface area contributed by atoms with Gasteiger partial charge in [-0.1, -0.05) is 74.1 Å². The van der Waals surface area contributed by atoms with Crippen molar-refractivity contribution in [1.29, 1.82) is 0 Å². The molecule has 6 heteroatoms. The van der Waals surface area contributed by atoms with Gasteiger partial charge in [-0.2, -0.15) is 4.98 Å². The number of hydrogen-bond acceptors (Lipinski definition) is 5. The van der Waals surface area contributed by atoms with Crippen molar-refractivity contribution in [3.05, 3.63) is 82.5 Å². The van der Waals surface area contributed by atoms with Gasteiger partial charge in [0.25, 0.3) is 5.91 Å². The SMILES string of the molecule is CC.CSc1ncc(C(=O)NCc2ccccc2)c(OCc2ccc(C)c(C)c2)n1. The molecule has 1 heterocycles. The Bertz CT molecular complexity index is 962. The lowest BCUT2D eigenvalue weighted by Crippen LogP contribution is -2.24. The van der Waals surface area contributed by atoms with E-state index in [2.05, 4.69) is 41.3 Å². The summed E-state index contributed by atoms with van der Waals surface area (Å²) in [7, 11) is 0. The van der Waals surface area contributed by atoms with Crippen molar-refractivity contribution in [2.24, 2.45) is 0 Å². The highest BCUT2D eigenvalue weighted by Gasteiger charge is 2.16. The van der Waals surface area contributed by atoms with Crippen LogP contribution in [0, 0.1) is 13.8 Å². The van der Waals surface area contributed by atoms with Crippen LogP contribution in [0.2, 0.25) is 0 Å². The molecule has 5 nitrogen and oxygen atoms in total. The molecule has 158 valence electrons. The summed E-state index contributed by atoms with van der Waals surface area (Å²) in [6, 6.07) is 15.9. The third-order valence-electron chi connectivity index (χ3n) is 4.40. The summed E-state index contributed by atoms with van der Waals surface area (Å²) in [5.41, 5.74) is 4.82. The van der Waals surface area contributed by atoms with Crippen molar-refractivity contribution in [1.82, 2.24) is 15.3 Å². The maximum absolute atomic E-state index is 12.7. The summed E-state index contributed by atoms with van der Waals surface area (Å²) in [4.78, 5) is 21.3. The Hall–Kier alpha value is -2.86. The van der Waals surface area contributed by atoms with Crippen molar-refractivity contribution in [3.63, 3.8) is 0 Å². The van der Waals surface area contributed by atoms with Crippen molar-refractivity contribution < 1.29 is 9.53 Å². The summed E-state index contributed by atoms with van der Waals surface area (Å²) in [5.74, 6) is 0.0368. The van der Waals surface area contributed by atoms with Gasteiger partial charge >= 0.3 is 0 Å². The first-order valence-electron chi connectivity index (χ1n) is 9.99. The molecule has 0 aliphatic rings. The van der Waals surface area contributed by atoms with Gasteiger partial charge in [-0.05, 0) is 42.4 Å². The van der Waals surface area contributed by atoms with Crippen LogP contribution in [0.5, 0.6) is 5.88 Å². The molecule has 0 atom stereocenters. The Labute approximate surface area is 183 Å². The summed E-state index contributed by atoms with van der Waals surface area (Å²) in [6.45, 7) is 8.91. The maximum atomic E-state index is 12.7. The van der Waals surface area contributed by atoms with E-state index in [9.17, 15) is 4.79 Å². The number of carbonyl (C=O) groups is 1. The molecule has 1 N–H and O–H groups in total. The second-order valence-corrected chi connectivity index (χ2v) is 7.22. The van der Waals surface area contributed by atoms with Gasteiger partial charge in [0, 0.05) is 12.7 Å². The summed E-state index contributed by atoms with van der Waals surface area (Å²) in [5, 5.41) is 3.47. The van der Waals surface area contributed by atoms with Gasteiger partial charge in [0.05, 0.1) is 0 Å². The second-order valence-electron chi connectivity index (χ2n) is 6.45. The fraction of sp³-hybridized carbons (Fsp3) is 0.292. The quantitative estimate of drug-likeness (QED) is 0.410. The molecule has 0 saturated carbocycles. The number of thioether (sulfide) groups is 1. The smallest absolute Gasteiger partial charge is 0.258 e. The van der Waals surface area contributed by atoms with Gasteiger partial charge in [0.1, 0.15) is 12.2 Å².